The first-order valence-electron chi connectivity index (χ1n) is 8.11. The van der Waals surface area contributed by atoms with Crippen LogP contribution in [0.25, 0.3) is 0 Å². The Kier molecular flexibility index (Phi) is 6.02. The minimum absolute atomic E-state index is 0.0702. The lowest BCUT2D eigenvalue weighted by molar-refractivity contribution is 0.0785. The van der Waals surface area contributed by atoms with Crippen molar-refractivity contribution in [2.75, 3.05) is 11.8 Å². The largest absolute Gasteiger partial charge is 0.337 e. The fourth-order valence-electron chi connectivity index (χ4n) is 2.50. The fourth-order valence-corrected chi connectivity index (χ4v) is 4.45. The van der Waals surface area contributed by atoms with Gasteiger partial charge in [-0.2, -0.15) is 11.3 Å². The van der Waals surface area contributed by atoms with Crippen molar-refractivity contribution in [2.45, 2.75) is 11.4 Å². The van der Waals surface area contributed by atoms with Gasteiger partial charge in [0.25, 0.3) is 15.9 Å². The molecule has 0 saturated carbocycles. The molecule has 0 atom stereocenters. The summed E-state index contributed by atoms with van der Waals surface area (Å²) >= 11 is 7.65. The number of rotatable bonds is 6. The Bertz CT molecular complexity index is 1080. The quantitative estimate of drug-likeness (QED) is 0.611. The number of nitrogens with zero attached hydrogens (tertiary/aromatic N) is 1. The Morgan fingerprint density at radius 3 is 2.54 bits per heavy atom. The molecular formula is C19H16ClFN2O3S2. The lowest BCUT2D eigenvalue weighted by Crippen LogP contribution is -2.26. The van der Waals surface area contributed by atoms with Crippen LogP contribution in [0.15, 0.2) is 64.2 Å². The van der Waals surface area contributed by atoms with Gasteiger partial charge in [0.15, 0.2) is 0 Å². The van der Waals surface area contributed by atoms with Gasteiger partial charge in [-0.25, -0.2) is 12.8 Å². The fraction of sp³-hybridized carbons (Fsp3) is 0.105. The van der Waals surface area contributed by atoms with Crippen LogP contribution in [0, 0.1) is 5.82 Å². The van der Waals surface area contributed by atoms with E-state index in [1.165, 1.54) is 23.1 Å². The molecule has 146 valence electrons. The Morgan fingerprint density at radius 2 is 1.89 bits per heavy atom. The second-order valence-corrected chi connectivity index (χ2v) is 8.92. The van der Waals surface area contributed by atoms with Gasteiger partial charge in [-0.3, -0.25) is 9.52 Å². The first-order valence-corrected chi connectivity index (χ1v) is 10.9. The van der Waals surface area contributed by atoms with E-state index in [0.29, 0.717) is 12.1 Å². The van der Waals surface area contributed by atoms with Crippen LogP contribution in [0.3, 0.4) is 0 Å². The third-order valence-corrected chi connectivity index (χ3v) is 6.37. The van der Waals surface area contributed by atoms with E-state index in [9.17, 15) is 17.6 Å². The third-order valence-electron chi connectivity index (χ3n) is 3.93. The van der Waals surface area contributed by atoms with Gasteiger partial charge in [0.05, 0.1) is 15.6 Å². The summed E-state index contributed by atoms with van der Waals surface area (Å²) in [5.41, 5.74) is 1.37. The summed E-state index contributed by atoms with van der Waals surface area (Å²) in [5.74, 6) is -0.816. The highest BCUT2D eigenvalue weighted by molar-refractivity contribution is 7.92. The van der Waals surface area contributed by atoms with Crippen LogP contribution < -0.4 is 4.72 Å². The van der Waals surface area contributed by atoms with Crippen LogP contribution in [-0.4, -0.2) is 26.3 Å². The number of hydrogen-bond acceptors (Lipinski definition) is 4. The van der Waals surface area contributed by atoms with Crippen LogP contribution in [-0.2, 0) is 16.6 Å². The summed E-state index contributed by atoms with van der Waals surface area (Å²) in [6, 6.07) is 10.7. The molecule has 0 spiro atoms. The van der Waals surface area contributed by atoms with Crippen molar-refractivity contribution >= 4 is 44.6 Å². The van der Waals surface area contributed by atoms with Crippen LogP contribution in [0.2, 0.25) is 5.02 Å². The summed E-state index contributed by atoms with van der Waals surface area (Å²) in [4.78, 5) is 14.1. The van der Waals surface area contributed by atoms with E-state index in [2.05, 4.69) is 4.72 Å². The highest BCUT2D eigenvalue weighted by Gasteiger charge is 2.19. The van der Waals surface area contributed by atoms with Gasteiger partial charge in [0, 0.05) is 19.2 Å². The minimum Gasteiger partial charge on any atom is -0.337 e. The lowest BCUT2D eigenvalue weighted by atomic mass is 10.1. The van der Waals surface area contributed by atoms with Crippen LogP contribution in [0.1, 0.15) is 15.9 Å². The number of hydrogen-bond donors (Lipinski definition) is 1. The highest BCUT2D eigenvalue weighted by Crippen LogP contribution is 2.27. The number of benzene rings is 2. The van der Waals surface area contributed by atoms with Crippen LogP contribution in [0.5, 0.6) is 0 Å². The van der Waals surface area contributed by atoms with E-state index in [1.807, 2.05) is 16.8 Å². The van der Waals surface area contributed by atoms with Gasteiger partial charge in [0.2, 0.25) is 0 Å². The topological polar surface area (TPSA) is 66.5 Å². The van der Waals surface area contributed by atoms with E-state index in [1.54, 1.807) is 18.4 Å². The standard InChI is InChI=1S/C19H16ClFN2O3S2/c1-23(11-13-8-9-27-12-13)19(24)14-2-7-17(20)18(10-14)22-28(25,26)16-5-3-15(21)4-6-16/h2-10,12,22H,11H2,1H3. The van der Waals surface area contributed by atoms with Gasteiger partial charge in [0.1, 0.15) is 5.82 Å². The Balaban J connectivity index is 1.83. The van der Waals surface area contributed by atoms with Gasteiger partial charge >= 0.3 is 0 Å². The Morgan fingerprint density at radius 1 is 1.18 bits per heavy atom. The second kappa shape index (κ2) is 8.30. The zero-order valence-electron chi connectivity index (χ0n) is 14.7. The van der Waals surface area contributed by atoms with Crippen molar-refractivity contribution in [1.82, 2.24) is 4.90 Å². The second-order valence-electron chi connectivity index (χ2n) is 6.05. The van der Waals surface area contributed by atoms with E-state index in [-0.39, 0.29) is 21.5 Å². The maximum Gasteiger partial charge on any atom is 0.261 e. The van der Waals surface area contributed by atoms with Gasteiger partial charge in [-0.1, -0.05) is 11.6 Å². The molecule has 0 fully saturated rings. The van der Waals surface area contributed by atoms with Crippen molar-refractivity contribution in [3.05, 3.63) is 81.3 Å². The van der Waals surface area contributed by atoms with Crippen molar-refractivity contribution in [3.63, 3.8) is 0 Å². The lowest BCUT2D eigenvalue weighted by Gasteiger charge is -2.18. The normalized spacial score (nSPS) is 11.2. The third kappa shape index (κ3) is 4.70. The maximum absolute atomic E-state index is 13.0. The number of thiophene rings is 1. The molecular weight excluding hydrogens is 423 g/mol. The molecule has 0 aliphatic rings. The van der Waals surface area contributed by atoms with Crippen molar-refractivity contribution < 1.29 is 17.6 Å². The molecule has 5 nitrogen and oxygen atoms in total. The molecule has 0 radical (unpaired) electrons. The molecule has 1 amide bonds. The molecule has 3 rings (SSSR count). The number of amides is 1. The smallest absolute Gasteiger partial charge is 0.261 e. The zero-order valence-corrected chi connectivity index (χ0v) is 17.1. The number of sulfonamides is 1. The molecule has 0 bridgehead atoms. The Hall–Kier alpha value is -2.42. The zero-order chi connectivity index (χ0) is 20.3. The first-order chi connectivity index (χ1) is 13.3. The minimum atomic E-state index is -3.98. The molecule has 0 aliphatic carbocycles. The first kappa shape index (κ1) is 20.3. The predicted molar refractivity (Wildman–Crippen MR) is 109 cm³/mol. The van der Waals surface area contributed by atoms with Crippen molar-refractivity contribution in [3.8, 4) is 0 Å². The number of carbonyl (C=O) groups is 1. The van der Waals surface area contributed by atoms with Crippen LogP contribution in [0.4, 0.5) is 10.1 Å². The molecule has 3 aromatic rings. The van der Waals surface area contributed by atoms with Gasteiger partial charge in [-0.05, 0) is 64.9 Å². The van der Waals surface area contributed by atoms with E-state index in [0.717, 1.165) is 29.8 Å². The number of halogens is 2. The summed E-state index contributed by atoms with van der Waals surface area (Å²) in [6.45, 7) is 0.432. The average Bonchev–Trinajstić information content (AvgIpc) is 3.16. The van der Waals surface area contributed by atoms with Gasteiger partial charge in [-0.15, -0.1) is 0 Å². The number of carbonyl (C=O) groups excluding carboxylic acids is 1. The summed E-state index contributed by atoms with van der Waals surface area (Å²) < 4.78 is 40.4. The van der Waals surface area contributed by atoms with E-state index in [4.69, 9.17) is 11.6 Å². The van der Waals surface area contributed by atoms with E-state index < -0.39 is 15.8 Å². The number of anilines is 1. The molecule has 9 heteroatoms. The number of nitrogens with one attached hydrogen (secondary N) is 1. The Labute approximate surface area is 171 Å². The molecule has 28 heavy (non-hydrogen) atoms. The average molecular weight is 439 g/mol. The monoisotopic (exact) mass is 438 g/mol. The molecule has 1 aromatic heterocycles. The molecule has 2 aromatic carbocycles. The van der Waals surface area contributed by atoms with Crippen LogP contribution >= 0.6 is 22.9 Å². The summed E-state index contributed by atoms with van der Waals surface area (Å²) in [7, 11) is -2.32. The highest BCUT2D eigenvalue weighted by atomic mass is 35.5. The molecule has 1 N–H and O–H groups in total. The summed E-state index contributed by atoms with van der Waals surface area (Å²) in [5, 5.41) is 4.02. The predicted octanol–water partition coefficient (Wildman–Crippen LogP) is 4.61. The molecule has 0 saturated heterocycles. The molecule has 1 heterocycles. The van der Waals surface area contributed by atoms with Gasteiger partial charge < -0.3 is 4.90 Å². The maximum atomic E-state index is 13.0. The van der Waals surface area contributed by atoms with Crippen molar-refractivity contribution in [1.29, 1.82) is 0 Å². The SMILES string of the molecule is CN(Cc1ccsc1)C(=O)c1ccc(Cl)c(NS(=O)(=O)c2ccc(F)cc2)c1. The van der Waals surface area contributed by atoms with E-state index >= 15 is 0 Å². The summed E-state index contributed by atoms with van der Waals surface area (Å²) in [6.07, 6.45) is 0. The molecule has 0 aliphatic heterocycles. The molecule has 0 unspecified atom stereocenters. The van der Waals surface area contributed by atoms with Crippen molar-refractivity contribution in [2.24, 2.45) is 0 Å².